The maximum absolute atomic E-state index is 13.1. The molecule has 1 saturated carbocycles. The molecule has 2 atom stereocenters. The van der Waals surface area contributed by atoms with Crippen molar-refractivity contribution in [3.8, 4) is 5.75 Å². The number of methoxy groups -OCH3 is 1. The van der Waals surface area contributed by atoms with Gasteiger partial charge in [0.15, 0.2) is 5.82 Å². The normalized spacial score (nSPS) is 17.9. The van der Waals surface area contributed by atoms with Gasteiger partial charge in [-0.25, -0.2) is 4.98 Å². The molecule has 12 heteroatoms. The van der Waals surface area contributed by atoms with Crippen molar-refractivity contribution in [2.75, 3.05) is 35.8 Å². The van der Waals surface area contributed by atoms with Crippen LogP contribution in [0.1, 0.15) is 68.6 Å². The minimum Gasteiger partial charge on any atom is -0.495 e. The standard InChI is InChI=1S/C28H39N7O5/c1-4-21-26(37)34(2)22-16-31-28(33-24(22)35(21)18-9-5-6-10-18)32-20-13-12-17(15-23(20)40-3)25(36)30-14-8-7-11-19(29)27(38)39/h12-13,15-16,18-19,21H,4-11,14,29H2,1-3H3,(H,30,36)(H,38,39)(H,31,32,33)/t19-,21+/m0/s1. The number of carbonyl (C=O) groups is 3. The van der Waals surface area contributed by atoms with Crippen LogP contribution in [-0.2, 0) is 9.59 Å². The number of fused-ring (bicyclic) bond motifs is 1. The van der Waals surface area contributed by atoms with E-state index in [-0.39, 0.29) is 23.9 Å². The van der Waals surface area contributed by atoms with Crippen molar-refractivity contribution in [3.05, 3.63) is 30.0 Å². The van der Waals surface area contributed by atoms with Gasteiger partial charge in [-0.2, -0.15) is 4.98 Å². The number of ether oxygens (including phenoxy) is 1. The summed E-state index contributed by atoms with van der Waals surface area (Å²) < 4.78 is 5.55. The third-order valence-corrected chi connectivity index (χ3v) is 7.67. The molecule has 4 rings (SSSR count). The third kappa shape index (κ3) is 6.27. The van der Waals surface area contributed by atoms with E-state index in [0.29, 0.717) is 60.9 Å². The van der Waals surface area contributed by atoms with Crippen LogP contribution in [0.3, 0.4) is 0 Å². The number of anilines is 4. The molecule has 2 aliphatic rings. The van der Waals surface area contributed by atoms with E-state index < -0.39 is 12.0 Å². The second-order valence-electron chi connectivity index (χ2n) is 10.3. The highest BCUT2D eigenvalue weighted by Crippen LogP contribution is 2.40. The van der Waals surface area contributed by atoms with E-state index >= 15 is 0 Å². The molecule has 2 heterocycles. The molecule has 1 aromatic heterocycles. The fraction of sp³-hybridized carbons (Fsp3) is 0.536. The number of hydrogen-bond donors (Lipinski definition) is 4. The number of carboxylic acid groups (broad SMARTS) is 1. The topological polar surface area (TPSA) is 163 Å². The number of benzene rings is 1. The minimum atomic E-state index is -1.02. The van der Waals surface area contributed by atoms with E-state index in [1.807, 2.05) is 6.92 Å². The van der Waals surface area contributed by atoms with Crippen LogP contribution >= 0.6 is 0 Å². The Hall–Kier alpha value is -3.93. The summed E-state index contributed by atoms with van der Waals surface area (Å²) in [6, 6.07) is 4.18. The Kier molecular flexibility index (Phi) is 9.41. The van der Waals surface area contributed by atoms with Crippen molar-refractivity contribution in [3.63, 3.8) is 0 Å². The van der Waals surface area contributed by atoms with E-state index in [4.69, 9.17) is 20.6 Å². The van der Waals surface area contributed by atoms with Crippen molar-refractivity contribution >= 4 is 40.9 Å². The fourth-order valence-corrected chi connectivity index (χ4v) is 5.42. The van der Waals surface area contributed by atoms with Gasteiger partial charge in [0.1, 0.15) is 23.5 Å². The molecule has 1 fully saturated rings. The Balaban J connectivity index is 1.47. The molecule has 0 spiro atoms. The van der Waals surface area contributed by atoms with E-state index in [9.17, 15) is 14.4 Å². The number of hydrogen-bond acceptors (Lipinski definition) is 9. The van der Waals surface area contributed by atoms with Gasteiger partial charge in [0.05, 0.1) is 19.0 Å². The molecule has 12 nitrogen and oxygen atoms in total. The number of rotatable bonds is 12. The van der Waals surface area contributed by atoms with Crippen LogP contribution in [0.4, 0.5) is 23.1 Å². The Labute approximate surface area is 234 Å². The van der Waals surface area contributed by atoms with Gasteiger partial charge in [-0.15, -0.1) is 0 Å². The molecule has 40 heavy (non-hydrogen) atoms. The lowest BCUT2D eigenvalue weighted by molar-refractivity contribution is -0.138. The zero-order valence-electron chi connectivity index (χ0n) is 23.4. The number of carbonyl (C=O) groups excluding carboxylic acids is 2. The number of unbranched alkanes of at least 4 members (excludes halogenated alkanes) is 1. The Morgan fingerprint density at radius 2 is 2.00 bits per heavy atom. The highest BCUT2D eigenvalue weighted by Gasteiger charge is 2.41. The zero-order chi connectivity index (χ0) is 28.8. The summed E-state index contributed by atoms with van der Waals surface area (Å²) in [5, 5.41) is 14.9. The first-order chi connectivity index (χ1) is 19.2. The number of nitrogens with two attached hydrogens (primary N) is 1. The number of aliphatic carboxylic acids is 1. The van der Waals surface area contributed by atoms with Crippen LogP contribution in [0.15, 0.2) is 24.4 Å². The summed E-state index contributed by atoms with van der Waals surface area (Å²) in [5.74, 6) is 0.345. The average Bonchev–Trinajstić information content (AvgIpc) is 3.49. The average molecular weight is 554 g/mol. The summed E-state index contributed by atoms with van der Waals surface area (Å²) in [7, 11) is 3.29. The van der Waals surface area contributed by atoms with Gasteiger partial charge in [-0.1, -0.05) is 19.8 Å². The first kappa shape index (κ1) is 29.1. The second-order valence-corrected chi connectivity index (χ2v) is 10.3. The zero-order valence-corrected chi connectivity index (χ0v) is 23.4. The highest BCUT2D eigenvalue weighted by molar-refractivity contribution is 6.04. The highest BCUT2D eigenvalue weighted by atomic mass is 16.5. The third-order valence-electron chi connectivity index (χ3n) is 7.67. The second kappa shape index (κ2) is 12.9. The largest absolute Gasteiger partial charge is 0.495 e. The van der Waals surface area contributed by atoms with Gasteiger partial charge in [0.2, 0.25) is 11.9 Å². The van der Waals surface area contributed by atoms with Gasteiger partial charge < -0.3 is 36.0 Å². The van der Waals surface area contributed by atoms with Crippen LogP contribution < -0.4 is 30.9 Å². The van der Waals surface area contributed by atoms with Gasteiger partial charge in [-0.05, 0) is 56.7 Å². The lowest BCUT2D eigenvalue weighted by atomic mass is 10.0. The van der Waals surface area contributed by atoms with Gasteiger partial charge in [-0.3, -0.25) is 14.4 Å². The molecular formula is C28H39N7O5. The molecule has 0 radical (unpaired) electrons. The van der Waals surface area contributed by atoms with E-state index in [1.54, 1.807) is 36.3 Å². The summed E-state index contributed by atoms with van der Waals surface area (Å²) in [6.07, 6.45) is 8.30. The smallest absolute Gasteiger partial charge is 0.320 e. The Morgan fingerprint density at radius 1 is 1.25 bits per heavy atom. The first-order valence-corrected chi connectivity index (χ1v) is 13.9. The number of amides is 2. The summed E-state index contributed by atoms with van der Waals surface area (Å²) in [6.45, 7) is 2.44. The molecule has 0 saturated heterocycles. The number of nitrogens with one attached hydrogen (secondary N) is 2. The lowest BCUT2D eigenvalue weighted by Gasteiger charge is -2.43. The van der Waals surface area contributed by atoms with Crippen molar-refractivity contribution in [2.24, 2.45) is 5.73 Å². The van der Waals surface area contributed by atoms with Gasteiger partial charge in [0.25, 0.3) is 5.91 Å². The van der Waals surface area contributed by atoms with Crippen LogP contribution in [-0.4, -0.2) is 71.7 Å². The number of carboxylic acids is 1. The molecule has 1 aliphatic heterocycles. The van der Waals surface area contributed by atoms with Crippen molar-refractivity contribution in [1.82, 2.24) is 15.3 Å². The van der Waals surface area contributed by atoms with Gasteiger partial charge >= 0.3 is 5.97 Å². The van der Waals surface area contributed by atoms with Crippen LogP contribution in [0.25, 0.3) is 0 Å². The summed E-state index contributed by atoms with van der Waals surface area (Å²) in [5.41, 5.74) is 7.22. The Bertz CT molecular complexity index is 1230. The molecule has 1 aliphatic carbocycles. The SMILES string of the molecule is CC[C@@H]1C(=O)N(C)c2cnc(Nc3ccc(C(=O)NCCCC[C@H](N)C(=O)O)cc3OC)nc2N1C1CCCC1. The van der Waals surface area contributed by atoms with Crippen molar-refractivity contribution in [1.29, 1.82) is 0 Å². The predicted octanol–water partition coefficient (Wildman–Crippen LogP) is 3.04. The monoisotopic (exact) mass is 553 g/mol. The molecule has 1 aromatic carbocycles. The maximum Gasteiger partial charge on any atom is 0.320 e. The molecular weight excluding hydrogens is 514 g/mol. The van der Waals surface area contributed by atoms with Crippen LogP contribution in [0, 0.1) is 0 Å². The molecule has 216 valence electrons. The number of nitrogens with zero attached hydrogens (tertiary/aromatic N) is 4. The quantitative estimate of drug-likeness (QED) is 0.287. The Morgan fingerprint density at radius 3 is 2.67 bits per heavy atom. The number of aromatic nitrogens is 2. The molecule has 0 unspecified atom stereocenters. The minimum absolute atomic E-state index is 0.0607. The summed E-state index contributed by atoms with van der Waals surface area (Å²) >= 11 is 0. The maximum atomic E-state index is 13.1. The van der Waals surface area contributed by atoms with Crippen LogP contribution in [0.5, 0.6) is 5.75 Å². The van der Waals surface area contributed by atoms with E-state index in [1.165, 1.54) is 7.11 Å². The fourth-order valence-electron chi connectivity index (χ4n) is 5.42. The van der Waals surface area contributed by atoms with Crippen molar-refractivity contribution in [2.45, 2.75) is 76.4 Å². The number of likely N-dealkylation sites (N-methyl/N-ethyl adjacent to an activating group) is 1. The van der Waals surface area contributed by atoms with E-state index in [2.05, 4.69) is 20.5 Å². The van der Waals surface area contributed by atoms with Gasteiger partial charge in [0, 0.05) is 25.2 Å². The molecule has 2 amide bonds. The molecule has 2 aromatic rings. The lowest BCUT2D eigenvalue weighted by Crippen LogP contribution is -2.55. The van der Waals surface area contributed by atoms with Crippen LogP contribution in [0.2, 0.25) is 0 Å². The summed E-state index contributed by atoms with van der Waals surface area (Å²) in [4.78, 5) is 49.8. The predicted molar refractivity (Wildman–Crippen MR) is 152 cm³/mol. The van der Waals surface area contributed by atoms with E-state index in [0.717, 1.165) is 31.5 Å². The molecule has 0 bridgehead atoms. The molecule has 5 N–H and O–H groups in total. The van der Waals surface area contributed by atoms with Crippen molar-refractivity contribution < 1.29 is 24.2 Å². The first-order valence-electron chi connectivity index (χ1n) is 13.9.